The van der Waals surface area contributed by atoms with E-state index in [2.05, 4.69) is 24.4 Å². The van der Waals surface area contributed by atoms with E-state index in [1.54, 1.807) is 29.2 Å². The first-order chi connectivity index (χ1) is 13.0. The van der Waals surface area contributed by atoms with Crippen molar-refractivity contribution < 1.29 is 9.59 Å². The predicted molar refractivity (Wildman–Crippen MR) is 108 cm³/mol. The third kappa shape index (κ3) is 5.10. The summed E-state index contributed by atoms with van der Waals surface area (Å²) in [5.74, 6) is 0.0942. The highest BCUT2D eigenvalue weighted by Crippen LogP contribution is 2.20. The van der Waals surface area contributed by atoms with Crippen molar-refractivity contribution in [2.45, 2.75) is 25.7 Å². The van der Waals surface area contributed by atoms with Crippen LogP contribution in [0.3, 0.4) is 0 Å². The summed E-state index contributed by atoms with van der Waals surface area (Å²) in [6.07, 6.45) is 1.65. The molecular weight excluding hydrogens is 360 g/mol. The maximum absolute atomic E-state index is 12.7. The summed E-state index contributed by atoms with van der Waals surface area (Å²) >= 11 is 5.89. The van der Waals surface area contributed by atoms with E-state index in [4.69, 9.17) is 11.6 Å². The second-order valence-corrected chi connectivity index (χ2v) is 7.59. The number of hydrogen-bond acceptors (Lipinski definition) is 2. The highest BCUT2D eigenvalue weighted by molar-refractivity contribution is 6.30. The van der Waals surface area contributed by atoms with E-state index in [0.717, 1.165) is 12.8 Å². The number of halogens is 1. The van der Waals surface area contributed by atoms with Crippen LogP contribution in [-0.2, 0) is 4.79 Å². The lowest BCUT2D eigenvalue weighted by Gasteiger charge is -2.32. The van der Waals surface area contributed by atoms with E-state index in [-0.39, 0.29) is 23.7 Å². The molecule has 142 valence electrons. The Morgan fingerprint density at radius 3 is 2.56 bits per heavy atom. The molecule has 1 heterocycles. The molecule has 2 aromatic rings. The van der Waals surface area contributed by atoms with Gasteiger partial charge in [-0.2, -0.15) is 0 Å². The number of benzene rings is 2. The molecule has 2 atom stereocenters. The summed E-state index contributed by atoms with van der Waals surface area (Å²) in [5.41, 5.74) is 1.82. The van der Waals surface area contributed by atoms with Crippen molar-refractivity contribution in [1.82, 2.24) is 10.2 Å². The molecule has 0 saturated carbocycles. The molecule has 1 aliphatic heterocycles. The van der Waals surface area contributed by atoms with Gasteiger partial charge in [-0.05, 0) is 48.6 Å². The van der Waals surface area contributed by atoms with Crippen molar-refractivity contribution in [2.24, 2.45) is 5.92 Å². The number of carbonyl (C=O) groups excluding carboxylic acids is 2. The molecule has 2 unspecified atom stereocenters. The summed E-state index contributed by atoms with van der Waals surface area (Å²) < 4.78 is 0. The average molecular weight is 385 g/mol. The molecule has 0 aromatic heterocycles. The number of rotatable bonds is 5. The van der Waals surface area contributed by atoms with Gasteiger partial charge in [0.2, 0.25) is 5.91 Å². The largest absolute Gasteiger partial charge is 0.355 e. The molecule has 1 aliphatic rings. The van der Waals surface area contributed by atoms with Gasteiger partial charge in [-0.1, -0.05) is 48.9 Å². The zero-order chi connectivity index (χ0) is 19.2. The first-order valence-electron chi connectivity index (χ1n) is 9.42. The quantitative estimate of drug-likeness (QED) is 0.843. The molecule has 2 amide bonds. The second-order valence-electron chi connectivity index (χ2n) is 7.15. The third-order valence-corrected chi connectivity index (χ3v) is 5.37. The number of nitrogens with one attached hydrogen (secondary N) is 1. The number of carbonyl (C=O) groups is 2. The normalized spacial score (nSPS) is 18.0. The third-order valence-electron chi connectivity index (χ3n) is 5.12. The van der Waals surface area contributed by atoms with Gasteiger partial charge >= 0.3 is 0 Å². The van der Waals surface area contributed by atoms with Crippen LogP contribution in [0, 0.1) is 5.92 Å². The van der Waals surface area contributed by atoms with Gasteiger partial charge in [0, 0.05) is 30.2 Å². The monoisotopic (exact) mass is 384 g/mol. The average Bonchev–Trinajstić information content (AvgIpc) is 2.72. The van der Waals surface area contributed by atoms with Crippen LogP contribution in [0.1, 0.15) is 41.6 Å². The Labute approximate surface area is 165 Å². The SMILES string of the molecule is CC(CNC(=O)C1CCCN(C(=O)c2ccc(Cl)cc2)C1)c1ccccc1. The first kappa shape index (κ1) is 19.4. The van der Waals surface area contributed by atoms with Crippen LogP contribution in [0.25, 0.3) is 0 Å². The van der Waals surface area contributed by atoms with E-state index in [1.807, 2.05) is 18.2 Å². The molecule has 1 saturated heterocycles. The highest BCUT2D eigenvalue weighted by Gasteiger charge is 2.29. The first-order valence-corrected chi connectivity index (χ1v) is 9.80. The highest BCUT2D eigenvalue weighted by atomic mass is 35.5. The van der Waals surface area contributed by atoms with Crippen LogP contribution in [0.4, 0.5) is 0 Å². The second kappa shape index (κ2) is 9.05. The maximum atomic E-state index is 12.7. The summed E-state index contributed by atoms with van der Waals surface area (Å²) in [7, 11) is 0. The smallest absolute Gasteiger partial charge is 0.253 e. The van der Waals surface area contributed by atoms with E-state index in [1.165, 1.54) is 5.56 Å². The topological polar surface area (TPSA) is 49.4 Å². The Morgan fingerprint density at radius 2 is 1.85 bits per heavy atom. The van der Waals surface area contributed by atoms with Crippen LogP contribution >= 0.6 is 11.6 Å². The predicted octanol–water partition coefficient (Wildman–Crippen LogP) is 4.11. The Balaban J connectivity index is 1.54. The lowest BCUT2D eigenvalue weighted by atomic mass is 9.95. The van der Waals surface area contributed by atoms with E-state index in [0.29, 0.717) is 30.2 Å². The summed E-state index contributed by atoms with van der Waals surface area (Å²) in [6.45, 7) is 3.86. The summed E-state index contributed by atoms with van der Waals surface area (Å²) in [6, 6.07) is 17.1. The van der Waals surface area contributed by atoms with Crippen LogP contribution < -0.4 is 5.32 Å². The van der Waals surface area contributed by atoms with Crippen molar-refractivity contribution >= 4 is 23.4 Å². The molecule has 0 radical (unpaired) electrons. The Hall–Kier alpha value is -2.33. The molecule has 1 fully saturated rings. The van der Waals surface area contributed by atoms with Gasteiger partial charge in [0.15, 0.2) is 0 Å². The molecule has 4 nitrogen and oxygen atoms in total. The zero-order valence-corrected chi connectivity index (χ0v) is 16.3. The zero-order valence-electron chi connectivity index (χ0n) is 15.5. The number of amides is 2. The van der Waals surface area contributed by atoms with E-state index < -0.39 is 0 Å². The van der Waals surface area contributed by atoms with Gasteiger partial charge in [0.25, 0.3) is 5.91 Å². The lowest BCUT2D eigenvalue weighted by molar-refractivity contribution is -0.126. The van der Waals surface area contributed by atoms with Crippen molar-refractivity contribution in [3.8, 4) is 0 Å². The van der Waals surface area contributed by atoms with Gasteiger partial charge in [0.05, 0.1) is 5.92 Å². The summed E-state index contributed by atoms with van der Waals surface area (Å²) in [5, 5.41) is 3.67. The lowest BCUT2D eigenvalue weighted by Crippen LogP contribution is -2.46. The molecule has 0 aliphatic carbocycles. The van der Waals surface area contributed by atoms with Gasteiger partial charge < -0.3 is 10.2 Å². The summed E-state index contributed by atoms with van der Waals surface area (Å²) in [4.78, 5) is 27.1. The number of hydrogen-bond donors (Lipinski definition) is 1. The standard InChI is InChI=1S/C22H25ClN2O2/c1-16(17-6-3-2-4-7-17)14-24-21(26)19-8-5-13-25(15-19)22(27)18-9-11-20(23)12-10-18/h2-4,6-7,9-12,16,19H,5,8,13-15H2,1H3,(H,24,26). The van der Waals surface area contributed by atoms with Gasteiger partial charge in [-0.3, -0.25) is 9.59 Å². The molecular formula is C22H25ClN2O2. The Kier molecular flexibility index (Phi) is 6.51. The molecule has 0 spiro atoms. The number of likely N-dealkylation sites (tertiary alicyclic amines) is 1. The minimum absolute atomic E-state index is 0.0337. The molecule has 3 rings (SSSR count). The molecule has 1 N–H and O–H groups in total. The van der Waals surface area contributed by atoms with Crippen LogP contribution in [0.2, 0.25) is 5.02 Å². The fraction of sp³-hybridized carbons (Fsp3) is 0.364. The van der Waals surface area contributed by atoms with Gasteiger partial charge in [0.1, 0.15) is 0 Å². The number of nitrogens with zero attached hydrogens (tertiary/aromatic N) is 1. The molecule has 5 heteroatoms. The van der Waals surface area contributed by atoms with Crippen LogP contribution in [-0.4, -0.2) is 36.3 Å². The maximum Gasteiger partial charge on any atom is 0.253 e. The van der Waals surface area contributed by atoms with Crippen molar-refractivity contribution in [2.75, 3.05) is 19.6 Å². The van der Waals surface area contributed by atoms with Crippen LogP contribution in [0.15, 0.2) is 54.6 Å². The van der Waals surface area contributed by atoms with Crippen molar-refractivity contribution in [3.63, 3.8) is 0 Å². The van der Waals surface area contributed by atoms with Crippen molar-refractivity contribution in [3.05, 3.63) is 70.7 Å². The van der Waals surface area contributed by atoms with Gasteiger partial charge in [-0.15, -0.1) is 0 Å². The van der Waals surface area contributed by atoms with Gasteiger partial charge in [-0.25, -0.2) is 0 Å². The van der Waals surface area contributed by atoms with E-state index >= 15 is 0 Å². The molecule has 0 bridgehead atoms. The van der Waals surface area contributed by atoms with Crippen molar-refractivity contribution in [1.29, 1.82) is 0 Å². The minimum Gasteiger partial charge on any atom is -0.355 e. The number of piperidine rings is 1. The minimum atomic E-state index is -0.155. The Morgan fingerprint density at radius 1 is 1.15 bits per heavy atom. The molecule has 2 aromatic carbocycles. The fourth-order valence-corrected chi connectivity index (χ4v) is 3.57. The van der Waals surface area contributed by atoms with E-state index in [9.17, 15) is 9.59 Å². The van der Waals surface area contributed by atoms with Crippen LogP contribution in [0.5, 0.6) is 0 Å². The Bertz CT molecular complexity index is 777. The molecule has 27 heavy (non-hydrogen) atoms. The fourth-order valence-electron chi connectivity index (χ4n) is 3.45.